The van der Waals surface area contributed by atoms with Crippen molar-refractivity contribution in [1.29, 1.82) is 0 Å². The molecule has 33 nitrogen and oxygen atoms in total. The molecule has 0 aliphatic heterocycles. The number of aromatic amines is 1. The van der Waals surface area contributed by atoms with Gasteiger partial charge in [-0.15, -0.1) is 0 Å². The van der Waals surface area contributed by atoms with Gasteiger partial charge in [-0.1, -0.05) is 116 Å². The van der Waals surface area contributed by atoms with Crippen molar-refractivity contribution >= 4 is 244 Å². The van der Waals surface area contributed by atoms with Crippen molar-refractivity contribution in [2.45, 2.75) is 48.5 Å². The molecule has 16 N–H and O–H groups in total. The smallest absolute Gasteiger partial charge is 0.870 e. The maximum atomic E-state index is 12.1. The summed E-state index contributed by atoms with van der Waals surface area (Å²) < 4.78 is 24.2. The van der Waals surface area contributed by atoms with Gasteiger partial charge in [-0.25, -0.2) is 34.9 Å². The molecule has 10 heterocycles. The molecule has 0 saturated heterocycles. The van der Waals surface area contributed by atoms with E-state index in [9.17, 15) is 28.5 Å². The molecule has 0 aliphatic carbocycles. The summed E-state index contributed by atoms with van der Waals surface area (Å²) in [5.74, 6) is 4.10. The maximum Gasteiger partial charge on any atom is 1.00 e. The number of methoxy groups -OCH3 is 2. The third-order valence-electron chi connectivity index (χ3n) is 20.0. The van der Waals surface area contributed by atoms with Gasteiger partial charge in [0.2, 0.25) is 0 Å². The Kier molecular flexibility index (Phi) is 52.6. The van der Waals surface area contributed by atoms with Crippen LogP contribution in [0.15, 0.2) is 296 Å². The number of aliphatic hydroxyl groups is 1. The van der Waals surface area contributed by atoms with Crippen LogP contribution in [0.3, 0.4) is 0 Å². The van der Waals surface area contributed by atoms with E-state index >= 15 is 0 Å². The van der Waals surface area contributed by atoms with Gasteiger partial charge in [0.15, 0.2) is 17.5 Å². The molecule has 0 saturated carbocycles. The van der Waals surface area contributed by atoms with Crippen LogP contribution in [0.2, 0.25) is 5.15 Å². The number of hydrogen-bond donors (Lipinski definition) is 11. The fraction of sp³-hybridized carbons (Fsp3) is 0.126. The molecule has 0 aliphatic rings. The molecule has 0 spiro atoms. The topological polar surface area (TPSA) is 535 Å². The predicted molar refractivity (Wildman–Crippen MR) is 611 cm³/mol. The number of ether oxygens (including phenoxy) is 2. The fourth-order valence-electron chi connectivity index (χ4n) is 13.4. The Bertz CT molecular complexity index is 7700. The number of amides is 3. The molecular weight excluding hydrogens is 2360 g/mol. The van der Waals surface area contributed by atoms with Gasteiger partial charge >= 0.3 is 41.9 Å². The average Bonchev–Trinajstić information content (AvgIpc) is 0.768. The third kappa shape index (κ3) is 38.4. The van der Waals surface area contributed by atoms with Gasteiger partial charge in [-0.3, -0.25) is 58.4 Å². The monoisotopic (exact) mass is 2460 g/mol. The van der Waals surface area contributed by atoms with E-state index in [0.29, 0.717) is 78.6 Å². The van der Waals surface area contributed by atoms with Crippen molar-refractivity contribution in [2.24, 2.45) is 17.2 Å². The summed E-state index contributed by atoms with van der Waals surface area (Å²) >= 11 is 42.1. The molecule has 0 unspecified atom stereocenters. The first-order valence-electron chi connectivity index (χ1n) is 43.5. The predicted octanol–water partition coefficient (Wildman–Crippen LogP) is 20.0. The molecule has 8 aromatic carbocycles. The second-order valence-electron chi connectivity index (χ2n) is 30.4. The molecule has 46 heteroatoms. The number of halogens is 10. The van der Waals surface area contributed by atoms with Gasteiger partial charge < -0.3 is 74.0 Å². The van der Waals surface area contributed by atoms with Crippen LogP contribution in [0.25, 0.3) is 100 Å². The number of benzene rings is 8. The van der Waals surface area contributed by atoms with Crippen LogP contribution in [-0.4, -0.2) is 162 Å². The summed E-state index contributed by atoms with van der Waals surface area (Å²) in [6.07, 6.45) is 19.9. The Morgan fingerprint density at radius 2 is 0.812 bits per heavy atom. The number of aryl methyl sites for hydroxylation is 6. The van der Waals surface area contributed by atoms with Crippen LogP contribution >= 0.6 is 142 Å². The number of anilines is 4. The molecule has 766 valence electrons. The summed E-state index contributed by atoms with van der Waals surface area (Å²) in [6, 6.07) is 59.3. The molecular formula is C103H98BBr5Cl5N21NaO12P. The average molecular weight is 2460 g/mol. The number of rotatable bonds is 15. The number of carbonyl (C=O) groups is 4. The number of fused-ring (bicyclic) bond motifs is 4. The fourth-order valence-corrected chi connectivity index (χ4v) is 16.5. The van der Waals surface area contributed by atoms with Gasteiger partial charge in [0, 0.05) is 162 Å². The first-order valence-corrected chi connectivity index (χ1v) is 52.7. The normalized spacial score (nSPS) is 10.1. The minimum atomic E-state index is -3.22. The maximum absolute atomic E-state index is 12.1. The van der Waals surface area contributed by atoms with E-state index in [1.807, 2.05) is 139 Å². The number of aromatic nitrogens is 14. The van der Waals surface area contributed by atoms with Crippen LogP contribution in [0.4, 0.5) is 23.0 Å². The SMILES string of the molecule is CCO.CN.CNc1nc(-c2cccnc2)nc2c(C)cc(-c3cccc(OC)c3)cc12.CNc1nc(-c2cccnc2)nc2c(C)cc(Br)cc12.COc1cccc(B(O)O)c1.Cc1cc(Br)cc(C(N)=O)c1N.Cc1cc(Br)cc(C(N)=O)c1NC(=O)c1cccnc1.Cc1cc(Br)cc2c(=O)[nH]c(-c3cccnc3)nc12.Cc1cc(Br)cc2c(Cl)nc(-c3cccnc3)nc12.O=C(Cl)c1cccnc1.O=P(Cl)(Cl)Cl.[Na+].[OH-]. The standard InChI is InChI=1S/C22H20N4O.C15H13BrN4.C14H9BrClN3.C14H12BrN3O2.C14H10BrN3O.C8H9BrN2O.C7H9BO3.C6H4ClNO.C2H6O.CH5N.Cl3OP.Na.H2O/c1-14-10-17(15-6-4-8-18(11-15)27-3)12-19-20(14)25-21(26-22(19)23-2)16-7-5-9-24-13-16;1-9-6-11(16)7-12-13(9)19-14(20-15(12)17-2)10-4-3-5-18-8-10;1-8-5-10(15)6-11-12(8)18-14(19-13(11)16)9-3-2-4-17-7-9;1-8-5-10(15)6-11(13(16)19)12(8)18-14(20)9-3-2-4-17-7-9;1-8-5-10(15)6-11-12(8)17-13(18-14(11)19)9-3-2-4-16-7-9;1-4-2-5(9)3-6(7(4)10)8(11)12;1-11-7-4-2-3-6(5-7)8(9)10;7-6(9)5-2-1-3-8-4-5;1-2-3;1-2;1-5(2,3)4;;/h4-13H,1-3H3,(H,23,25,26);3-8H,1-2H3,(H,17,19,20);2-7H,1H3;2-7H,1H3,(H2,16,19)(H,18,20);2-7H,1H3,(H,17,18,19);2-3H,10H2,1H3,(H2,11,12);2-5,9-10H,1H3;1-4H;3H,2H2,1H3;2H2,1H3;;;1H2/q;;;;;;;;;;;+1;/p-1. The van der Waals surface area contributed by atoms with Crippen LogP contribution in [-0.2, 0) is 4.57 Å². The largest absolute Gasteiger partial charge is 1.00 e. The number of hydrogen-bond acceptors (Lipinski definition) is 29. The van der Waals surface area contributed by atoms with E-state index in [2.05, 4.69) is 226 Å². The van der Waals surface area contributed by atoms with E-state index < -0.39 is 29.4 Å². The van der Waals surface area contributed by atoms with E-state index in [4.69, 9.17) is 75.0 Å². The van der Waals surface area contributed by atoms with Crippen molar-refractivity contribution < 1.29 is 83.4 Å². The quantitative estimate of drug-likeness (QED) is 0.0149. The number of pyridine rings is 6. The van der Waals surface area contributed by atoms with Crippen LogP contribution in [0.1, 0.15) is 81.7 Å². The van der Waals surface area contributed by atoms with Crippen LogP contribution in [0.5, 0.6) is 11.5 Å². The molecule has 10 aromatic heterocycles. The number of H-pyrrole nitrogens is 1. The molecule has 0 fully saturated rings. The number of carbonyl (C=O) groups excluding carboxylic acids is 4. The van der Waals surface area contributed by atoms with Gasteiger partial charge in [0.05, 0.1) is 69.6 Å². The van der Waals surface area contributed by atoms with E-state index in [0.717, 1.165) is 139 Å². The Labute approximate surface area is 947 Å². The van der Waals surface area contributed by atoms with Crippen molar-refractivity contribution in [1.82, 2.24) is 69.8 Å². The molecule has 149 heavy (non-hydrogen) atoms. The minimum absolute atomic E-state index is 0. The molecule has 18 rings (SSSR count). The van der Waals surface area contributed by atoms with Crippen molar-refractivity contribution in [3.63, 3.8) is 0 Å². The Balaban J connectivity index is 0.000000260. The Morgan fingerprint density at radius 3 is 1.23 bits per heavy atom. The number of primary amides is 2. The number of nitrogens with zero attached hydrogens (tertiary/aromatic N) is 13. The Hall–Kier alpha value is -12.2. The summed E-state index contributed by atoms with van der Waals surface area (Å²) in [4.78, 5) is 116. The first kappa shape index (κ1) is 126. The summed E-state index contributed by atoms with van der Waals surface area (Å²) in [5.41, 5.74) is 38.1. The van der Waals surface area contributed by atoms with E-state index in [1.165, 1.54) is 26.6 Å². The second kappa shape index (κ2) is 62.5. The van der Waals surface area contributed by atoms with Gasteiger partial charge in [0.25, 0.3) is 28.5 Å². The van der Waals surface area contributed by atoms with Crippen molar-refractivity contribution in [3.05, 3.63) is 362 Å². The molecule has 0 bridgehead atoms. The zero-order valence-corrected chi connectivity index (χ0v) is 96.7. The molecule has 3 amide bonds. The van der Waals surface area contributed by atoms with Crippen LogP contribution < -0.4 is 88.9 Å². The van der Waals surface area contributed by atoms with Gasteiger partial charge in [-0.05, 0) is 321 Å². The van der Waals surface area contributed by atoms with Crippen molar-refractivity contribution in [2.75, 3.05) is 63.7 Å². The molecule has 18 aromatic rings. The summed E-state index contributed by atoms with van der Waals surface area (Å²) in [6.45, 7) is 13.6. The number of nitrogens with one attached hydrogen (secondary N) is 4. The summed E-state index contributed by atoms with van der Waals surface area (Å²) in [7, 11) is 7.03. The van der Waals surface area contributed by atoms with Crippen LogP contribution in [0, 0.1) is 41.5 Å². The third-order valence-corrected chi connectivity index (χ3v) is 22.8. The second-order valence-corrected chi connectivity index (χ2v) is 42.3. The van der Waals surface area contributed by atoms with E-state index in [1.54, 1.807) is 156 Å². The molecule has 0 radical (unpaired) electrons. The van der Waals surface area contributed by atoms with E-state index in [-0.39, 0.29) is 58.7 Å². The number of nitrogen functional groups attached to an aromatic ring is 1. The van der Waals surface area contributed by atoms with Gasteiger partial charge in [0.1, 0.15) is 34.1 Å². The van der Waals surface area contributed by atoms with Crippen molar-refractivity contribution in [3.8, 4) is 68.2 Å². The zero-order chi connectivity index (χ0) is 108. The summed E-state index contributed by atoms with van der Waals surface area (Å²) in [5, 5.41) is 34.3. The molecule has 0 atom stereocenters. The van der Waals surface area contributed by atoms with Gasteiger partial charge in [-0.2, -0.15) is 0 Å². The Morgan fingerprint density at radius 1 is 0.450 bits per heavy atom. The number of nitrogens with two attached hydrogens (primary N) is 4. The zero-order valence-electron chi connectivity index (χ0n) is 82.1. The minimum Gasteiger partial charge on any atom is -0.870 e. The number of aliphatic hydroxyl groups excluding tert-OH is 1. The first-order chi connectivity index (χ1) is 70.1.